The molecule has 0 radical (unpaired) electrons. The second kappa shape index (κ2) is 16.8. The van der Waals surface area contributed by atoms with Crippen LogP contribution in [0.4, 0.5) is 16.6 Å². The summed E-state index contributed by atoms with van der Waals surface area (Å²) in [5, 5.41) is 4.06. The van der Waals surface area contributed by atoms with Crippen molar-refractivity contribution in [1.82, 2.24) is 9.88 Å². The van der Waals surface area contributed by atoms with Crippen LogP contribution in [-0.4, -0.2) is 47.5 Å². The van der Waals surface area contributed by atoms with Gasteiger partial charge in [-0.05, 0) is 61.3 Å². The molecule has 1 aromatic heterocycles. The van der Waals surface area contributed by atoms with Crippen molar-refractivity contribution in [2.45, 2.75) is 17.7 Å². The molecule has 2 heterocycles. The average molecular weight is 526 g/mol. The minimum absolute atomic E-state index is 0.463. The third-order valence-electron chi connectivity index (χ3n) is 4.65. The predicted molar refractivity (Wildman–Crippen MR) is 154 cm³/mol. The van der Waals surface area contributed by atoms with Crippen molar-refractivity contribution in [1.29, 1.82) is 0 Å². The van der Waals surface area contributed by atoms with Crippen molar-refractivity contribution in [3.05, 3.63) is 73.2 Å². The Hall–Kier alpha value is -1.70. The Morgan fingerprint density at radius 1 is 1.21 bits per heavy atom. The number of likely N-dealkylation sites (tertiary alicyclic amines) is 1. The van der Waals surface area contributed by atoms with Crippen molar-refractivity contribution >= 4 is 68.5 Å². The summed E-state index contributed by atoms with van der Waals surface area (Å²) in [4.78, 5) is 9.06. The van der Waals surface area contributed by atoms with Gasteiger partial charge >= 0.3 is 0 Å². The Labute approximate surface area is 217 Å². The van der Waals surface area contributed by atoms with E-state index in [1.54, 1.807) is 12.2 Å². The fourth-order valence-electron chi connectivity index (χ4n) is 2.93. The third kappa shape index (κ3) is 10.4. The largest absolute Gasteiger partial charge is 0.382 e. The van der Waals surface area contributed by atoms with Gasteiger partial charge in [-0.15, -0.1) is 41.5 Å². The molecule has 3 N–H and O–H groups in total. The molecule has 2 aromatic rings. The molecule has 1 saturated heterocycles. The van der Waals surface area contributed by atoms with Crippen LogP contribution in [0.2, 0.25) is 0 Å². The number of rotatable bonds is 10. The van der Waals surface area contributed by atoms with E-state index in [0.717, 1.165) is 32.6 Å². The first-order chi connectivity index (χ1) is 16.0. The van der Waals surface area contributed by atoms with Crippen LogP contribution in [-0.2, 0) is 0 Å². The van der Waals surface area contributed by atoms with Crippen molar-refractivity contribution in [3.8, 4) is 0 Å². The van der Waals surface area contributed by atoms with Gasteiger partial charge in [0.1, 0.15) is 5.82 Å². The topological polar surface area (TPSA) is 54.2 Å². The fourth-order valence-corrected chi connectivity index (χ4v) is 4.75. The first kappa shape index (κ1) is 29.3. The molecule has 1 aromatic carbocycles. The summed E-state index contributed by atoms with van der Waals surface area (Å²) >= 11 is 13.1. The van der Waals surface area contributed by atoms with Gasteiger partial charge in [0, 0.05) is 35.1 Å². The molecule has 0 spiro atoms. The van der Waals surface area contributed by atoms with Gasteiger partial charge in [0.2, 0.25) is 0 Å². The molecular weight excluding hydrogens is 491 g/mol. The first-order valence-corrected chi connectivity index (χ1v) is 13.6. The Kier molecular flexibility index (Phi) is 15.0. The van der Waals surface area contributed by atoms with Gasteiger partial charge in [-0.25, -0.2) is 4.98 Å². The van der Waals surface area contributed by atoms with Crippen LogP contribution in [0.3, 0.4) is 0 Å². The summed E-state index contributed by atoms with van der Waals surface area (Å²) in [5.41, 5.74) is 8.55. The number of hydrogen-bond donors (Lipinski definition) is 2. The van der Waals surface area contributed by atoms with E-state index >= 15 is 0 Å². The average Bonchev–Trinajstić information content (AvgIpc) is 3.50. The quantitative estimate of drug-likeness (QED) is 0.144. The van der Waals surface area contributed by atoms with Crippen molar-refractivity contribution in [2.75, 3.05) is 48.7 Å². The summed E-state index contributed by atoms with van der Waals surface area (Å²) in [6.07, 6.45) is 7.49. The number of aromatic nitrogens is 1. The van der Waals surface area contributed by atoms with Gasteiger partial charge in [0.15, 0.2) is 5.13 Å². The van der Waals surface area contributed by atoms with Crippen molar-refractivity contribution < 1.29 is 0 Å². The maximum atomic E-state index is 6.03. The highest BCUT2D eigenvalue weighted by Crippen LogP contribution is 2.35. The number of thioether (sulfide) groups is 1. The van der Waals surface area contributed by atoms with Gasteiger partial charge in [-0.1, -0.05) is 43.2 Å². The van der Waals surface area contributed by atoms with Crippen molar-refractivity contribution in [3.63, 3.8) is 0 Å². The lowest BCUT2D eigenvalue weighted by molar-refractivity contribution is 0.362. The molecule has 0 saturated carbocycles. The molecule has 1 aliphatic rings. The Bertz CT molecular complexity index is 888. The molecule has 180 valence electrons. The second-order valence-electron chi connectivity index (χ2n) is 6.93. The SMILES string of the molecule is C=CC(=C)C(=C)c1sc(Nc2ccc(SCCN3CCCC3)cc2)nc1N.C=CCCl.CCl. The molecule has 33 heavy (non-hydrogen) atoms. The summed E-state index contributed by atoms with van der Waals surface area (Å²) in [5.74, 6) is 2.15. The minimum atomic E-state index is 0.463. The minimum Gasteiger partial charge on any atom is -0.382 e. The van der Waals surface area contributed by atoms with Crippen LogP contribution in [0.25, 0.3) is 5.57 Å². The molecule has 0 aliphatic carbocycles. The zero-order valence-electron chi connectivity index (χ0n) is 19.3. The number of nitrogens with one attached hydrogen (secondary N) is 1. The van der Waals surface area contributed by atoms with Crippen LogP contribution in [0.15, 0.2) is 73.2 Å². The summed E-state index contributed by atoms with van der Waals surface area (Å²) < 4.78 is 0. The highest BCUT2D eigenvalue weighted by atomic mass is 35.5. The number of allylic oxidation sites excluding steroid dienone is 4. The van der Waals surface area contributed by atoms with E-state index in [1.165, 1.54) is 55.1 Å². The molecule has 1 aliphatic heterocycles. The number of alkyl halides is 2. The molecule has 4 nitrogen and oxygen atoms in total. The van der Waals surface area contributed by atoms with Crippen LogP contribution < -0.4 is 11.1 Å². The fraction of sp³-hybridized carbons (Fsp3) is 0.320. The number of anilines is 3. The van der Waals surface area contributed by atoms with Gasteiger partial charge in [-0.2, -0.15) is 0 Å². The number of benzene rings is 1. The highest BCUT2D eigenvalue weighted by Gasteiger charge is 2.13. The zero-order valence-corrected chi connectivity index (χ0v) is 22.4. The van der Waals surface area contributed by atoms with E-state index in [2.05, 4.69) is 77.4 Å². The molecule has 8 heteroatoms. The Morgan fingerprint density at radius 3 is 2.36 bits per heavy atom. The van der Waals surface area contributed by atoms with E-state index in [9.17, 15) is 0 Å². The van der Waals surface area contributed by atoms with Crippen molar-refractivity contribution in [2.24, 2.45) is 0 Å². The standard InChI is InChI=1S/C21H26N4S2.C3H5Cl.CH3Cl/c1-4-15(2)16(3)19-20(22)24-21(27-19)23-17-7-9-18(10-8-17)26-14-13-25-11-5-6-12-25;1-2-3-4;1-2/h4,7-10H,1-3,5-6,11-14,22H2,(H,23,24);2H,1,3H2;1H3. The predicted octanol–water partition coefficient (Wildman–Crippen LogP) is 7.68. The molecule has 0 unspecified atom stereocenters. The van der Waals surface area contributed by atoms with Crippen LogP contribution in [0.1, 0.15) is 17.7 Å². The zero-order chi connectivity index (χ0) is 24.6. The number of halogens is 2. The Balaban J connectivity index is 0.000000820. The van der Waals surface area contributed by atoms with Crippen LogP contribution >= 0.6 is 46.3 Å². The molecule has 3 rings (SSSR count). The normalized spacial score (nSPS) is 12.6. The van der Waals surface area contributed by atoms with E-state index in [1.807, 2.05) is 11.8 Å². The molecular formula is C25H34Cl2N4S2. The molecule has 0 amide bonds. The summed E-state index contributed by atoms with van der Waals surface area (Å²) in [6.45, 7) is 18.7. The summed E-state index contributed by atoms with van der Waals surface area (Å²) in [7, 11) is 0. The maximum absolute atomic E-state index is 6.03. The summed E-state index contributed by atoms with van der Waals surface area (Å²) in [6, 6.07) is 8.45. The number of thiazole rings is 1. The molecule has 0 atom stereocenters. The van der Waals surface area contributed by atoms with Gasteiger partial charge < -0.3 is 16.0 Å². The van der Waals surface area contributed by atoms with Crippen LogP contribution in [0.5, 0.6) is 0 Å². The number of nitrogens with two attached hydrogens (primary N) is 1. The van der Waals surface area contributed by atoms with E-state index in [-0.39, 0.29) is 0 Å². The second-order valence-corrected chi connectivity index (χ2v) is 9.41. The lowest BCUT2D eigenvalue weighted by Crippen LogP contribution is -2.21. The lowest BCUT2D eigenvalue weighted by atomic mass is 10.1. The first-order valence-electron chi connectivity index (χ1n) is 10.5. The van der Waals surface area contributed by atoms with Gasteiger partial charge in [0.25, 0.3) is 0 Å². The Morgan fingerprint density at radius 2 is 1.82 bits per heavy atom. The molecule has 0 bridgehead atoms. The highest BCUT2D eigenvalue weighted by molar-refractivity contribution is 7.99. The van der Waals surface area contributed by atoms with Crippen LogP contribution in [0, 0.1) is 0 Å². The number of nitrogens with zero attached hydrogens (tertiary/aromatic N) is 2. The monoisotopic (exact) mass is 524 g/mol. The van der Waals surface area contributed by atoms with E-state index < -0.39 is 0 Å². The number of hydrogen-bond acceptors (Lipinski definition) is 6. The maximum Gasteiger partial charge on any atom is 0.189 e. The molecule has 1 fully saturated rings. The van der Waals surface area contributed by atoms with E-state index in [0.29, 0.717) is 11.7 Å². The number of nitrogen functional groups attached to an aromatic ring is 1. The smallest absolute Gasteiger partial charge is 0.189 e. The third-order valence-corrected chi connectivity index (χ3v) is 6.91. The van der Waals surface area contributed by atoms with Gasteiger partial charge in [0.05, 0.1) is 4.88 Å². The van der Waals surface area contributed by atoms with Gasteiger partial charge in [-0.3, -0.25) is 0 Å². The van der Waals surface area contributed by atoms with E-state index in [4.69, 9.17) is 17.3 Å². The lowest BCUT2D eigenvalue weighted by Gasteiger charge is -2.13.